The third kappa shape index (κ3) is 14.1. The van der Waals surface area contributed by atoms with E-state index in [4.69, 9.17) is 19.0 Å². The number of unbranched alkanes of at least 4 members (excludes halogenated alkanes) is 9. The lowest BCUT2D eigenvalue weighted by Gasteiger charge is -2.17. The van der Waals surface area contributed by atoms with Crippen molar-refractivity contribution >= 4 is 30.0 Å². The van der Waals surface area contributed by atoms with Crippen molar-refractivity contribution in [2.75, 3.05) is 13.2 Å². The monoisotopic (exact) mass is 798 g/mol. The number of amides is 1. The molecule has 59 heavy (non-hydrogen) atoms. The number of ether oxygens (including phenoxy) is 2. The van der Waals surface area contributed by atoms with Crippen LogP contribution in [0.5, 0.6) is 0 Å². The number of rotatable bonds is 21. The van der Waals surface area contributed by atoms with Crippen LogP contribution >= 0.6 is 0 Å². The molecule has 0 saturated carbocycles. The predicted molar refractivity (Wildman–Crippen MR) is 235 cm³/mol. The van der Waals surface area contributed by atoms with Gasteiger partial charge in [-0.15, -0.1) is 0 Å². The van der Waals surface area contributed by atoms with Crippen LogP contribution in [0, 0.1) is 0 Å². The van der Waals surface area contributed by atoms with Crippen LogP contribution < -0.4 is 5.32 Å². The Morgan fingerprint density at radius 3 is 1.88 bits per heavy atom. The lowest BCUT2D eigenvalue weighted by atomic mass is 10.0. The minimum Gasteiger partial charge on any atom is -0.460 e. The number of imidazole rings is 1. The van der Waals surface area contributed by atoms with Gasteiger partial charge in [-0.2, -0.15) is 0 Å². The molecule has 0 aliphatic heterocycles. The van der Waals surface area contributed by atoms with Gasteiger partial charge in [0.15, 0.2) is 0 Å². The van der Waals surface area contributed by atoms with Crippen molar-refractivity contribution in [2.45, 2.75) is 104 Å². The third-order valence-corrected chi connectivity index (χ3v) is 9.60. The number of carbonyl (C=O) groups excluding carboxylic acids is 3. The number of nitrogens with one attached hydrogen (secondary N) is 2. The summed E-state index contributed by atoms with van der Waals surface area (Å²) >= 11 is 0. The molecule has 10 nitrogen and oxygen atoms in total. The molecular formula is C49H58N4O6. The first-order valence-electron chi connectivity index (χ1n) is 21.0. The molecule has 0 fully saturated rings. The quantitative estimate of drug-likeness (QED) is 0.0425. The van der Waals surface area contributed by atoms with Gasteiger partial charge in [-0.05, 0) is 57.4 Å². The molecule has 0 bridgehead atoms. The zero-order valence-corrected chi connectivity index (χ0v) is 35.1. The molecule has 0 saturated heterocycles. The van der Waals surface area contributed by atoms with E-state index in [1.807, 2.05) is 99.6 Å². The maximum absolute atomic E-state index is 12.5. The number of hydrogen-bond donors (Lipinski definition) is 2. The Morgan fingerprint density at radius 1 is 0.712 bits per heavy atom. The van der Waals surface area contributed by atoms with Crippen molar-refractivity contribution in [3.05, 3.63) is 108 Å². The van der Waals surface area contributed by atoms with E-state index in [-0.39, 0.29) is 18.3 Å². The summed E-state index contributed by atoms with van der Waals surface area (Å²) in [5.41, 5.74) is 6.67. The average Bonchev–Trinajstić information content (AvgIpc) is 3.91. The largest absolute Gasteiger partial charge is 0.460 e. The molecule has 2 heterocycles. The molecule has 1 amide bonds. The van der Waals surface area contributed by atoms with Crippen molar-refractivity contribution in [2.24, 2.45) is 0 Å². The molecular weight excluding hydrogens is 741 g/mol. The zero-order valence-electron chi connectivity index (χ0n) is 35.1. The number of carbonyl (C=O) groups is 3. The predicted octanol–water partition coefficient (Wildman–Crippen LogP) is 11.6. The molecule has 0 aliphatic carbocycles. The minimum absolute atomic E-state index is 0.0435. The molecule has 0 unspecified atom stereocenters. The molecule has 10 heteroatoms. The smallest absolute Gasteiger partial charge is 0.377 e. The number of benzene rings is 3. The lowest BCUT2D eigenvalue weighted by molar-refractivity contribution is -0.148. The Labute approximate surface area is 348 Å². The van der Waals surface area contributed by atoms with E-state index in [2.05, 4.69) is 22.4 Å². The molecule has 0 radical (unpaired) electrons. The second-order valence-corrected chi connectivity index (χ2v) is 15.6. The summed E-state index contributed by atoms with van der Waals surface area (Å²) in [6.07, 6.45) is 19.2. The van der Waals surface area contributed by atoms with Gasteiger partial charge in [-0.1, -0.05) is 143 Å². The summed E-state index contributed by atoms with van der Waals surface area (Å²) in [5.74, 6) is -0.357. The van der Waals surface area contributed by atoms with Gasteiger partial charge in [0.25, 0.3) is 0 Å². The fourth-order valence-corrected chi connectivity index (χ4v) is 6.50. The second kappa shape index (κ2) is 22.2. The molecule has 0 aliphatic rings. The zero-order chi connectivity index (χ0) is 42.0. The van der Waals surface area contributed by atoms with Gasteiger partial charge in [0.05, 0.1) is 18.0 Å². The Balaban J connectivity index is 1.28. The molecule has 0 atom stereocenters. The van der Waals surface area contributed by atoms with Crippen LogP contribution in [-0.2, 0) is 19.1 Å². The van der Waals surface area contributed by atoms with Crippen LogP contribution in [0.3, 0.4) is 0 Å². The molecule has 0 spiro atoms. The fraction of sp³-hybridized carbons (Fsp3) is 0.367. The Bertz CT molecular complexity index is 2150. The highest BCUT2D eigenvalue weighted by molar-refractivity contribution is 5.92. The van der Waals surface area contributed by atoms with Gasteiger partial charge in [-0.3, -0.25) is 4.79 Å². The summed E-state index contributed by atoms with van der Waals surface area (Å²) in [7, 11) is 0. The Hall–Kier alpha value is -6.03. The van der Waals surface area contributed by atoms with E-state index in [0.29, 0.717) is 18.1 Å². The number of aromatic nitrogens is 3. The first-order chi connectivity index (χ1) is 28.5. The van der Waals surface area contributed by atoms with E-state index >= 15 is 0 Å². The van der Waals surface area contributed by atoms with Crippen LogP contribution in [0.15, 0.2) is 95.5 Å². The normalized spacial score (nSPS) is 11.7. The first kappa shape index (κ1) is 44.1. The summed E-state index contributed by atoms with van der Waals surface area (Å²) in [6, 6.07) is 25.0. The Morgan fingerprint density at radius 2 is 1.27 bits per heavy atom. The SMILES string of the molecule is CCCCCCCCCCCCNC(=O)C=Cc1ccc(-c2[nH]c(-c3ccc(-c4cc(C(=O)OCC)on4)cc3)nc2-c2ccc(C=CC(=O)OC(C)(C)C)cc2)cc1. The molecule has 5 aromatic rings. The summed E-state index contributed by atoms with van der Waals surface area (Å²) in [5, 5.41) is 7.06. The number of aromatic amines is 1. The standard InChI is InChI=1S/C49H58N4O6/c1-6-8-9-10-11-12-13-14-15-16-33-50-43(54)31-21-35-17-23-38(24-18-35)45-46(39-25-19-36(20-26-39)22-32-44(55)58-49(3,4)5)52-47(51-45)40-29-27-37(28-30-40)41-34-42(59-53-41)48(56)57-7-2/h17-32,34H,6-16,33H2,1-5H3,(H,50,54)(H,51,52). The van der Waals surface area contributed by atoms with E-state index in [1.54, 1.807) is 25.1 Å². The van der Waals surface area contributed by atoms with Crippen LogP contribution in [0.1, 0.15) is 121 Å². The third-order valence-electron chi connectivity index (χ3n) is 9.60. The highest BCUT2D eigenvalue weighted by Gasteiger charge is 2.18. The van der Waals surface area contributed by atoms with Gasteiger partial charge >= 0.3 is 11.9 Å². The maximum Gasteiger partial charge on any atom is 0.377 e. The van der Waals surface area contributed by atoms with Gasteiger partial charge in [0.2, 0.25) is 11.7 Å². The number of hydrogen-bond acceptors (Lipinski definition) is 8. The van der Waals surface area contributed by atoms with Crippen molar-refractivity contribution in [3.63, 3.8) is 0 Å². The topological polar surface area (TPSA) is 136 Å². The van der Waals surface area contributed by atoms with Crippen LogP contribution in [0.25, 0.3) is 57.3 Å². The molecule has 310 valence electrons. The van der Waals surface area contributed by atoms with Gasteiger partial charge in [-0.25, -0.2) is 14.6 Å². The van der Waals surface area contributed by atoms with Crippen molar-refractivity contribution < 1.29 is 28.4 Å². The minimum atomic E-state index is -0.571. The molecule has 3 aromatic carbocycles. The summed E-state index contributed by atoms with van der Waals surface area (Å²) < 4.78 is 15.6. The highest BCUT2D eigenvalue weighted by atomic mass is 16.6. The summed E-state index contributed by atoms with van der Waals surface area (Å²) in [4.78, 5) is 45.5. The van der Waals surface area contributed by atoms with Crippen LogP contribution in [-0.4, -0.2) is 51.7 Å². The fourth-order valence-electron chi connectivity index (χ4n) is 6.50. The van der Waals surface area contributed by atoms with Crippen LogP contribution in [0.4, 0.5) is 0 Å². The van der Waals surface area contributed by atoms with Crippen molar-refractivity contribution in [1.29, 1.82) is 0 Å². The number of nitrogens with zero attached hydrogens (tertiary/aromatic N) is 2. The van der Waals surface area contributed by atoms with Gasteiger partial charge < -0.3 is 24.3 Å². The maximum atomic E-state index is 12.5. The molecule has 2 aromatic heterocycles. The number of esters is 2. The average molecular weight is 799 g/mol. The van der Waals surface area contributed by atoms with Crippen molar-refractivity contribution in [1.82, 2.24) is 20.4 Å². The van der Waals surface area contributed by atoms with E-state index in [0.717, 1.165) is 57.6 Å². The van der Waals surface area contributed by atoms with Crippen molar-refractivity contribution in [3.8, 4) is 45.2 Å². The lowest BCUT2D eigenvalue weighted by Crippen LogP contribution is -2.22. The highest BCUT2D eigenvalue weighted by Crippen LogP contribution is 2.34. The summed E-state index contributed by atoms with van der Waals surface area (Å²) in [6.45, 7) is 10.4. The Kier molecular flexibility index (Phi) is 16.6. The first-order valence-corrected chi connectivity index (χ1v) is 21.0. The molecule has 2 N–H and O–H groups in total. The van der Waals surface area contributed by atoms with Gasteiger partial charge in [0, 0.05) is 47.0 Å². The van der Waals surface area contributed by atoms with E-state index < -0.39 is 17.5 Å². The molecule has 5 rings (SSSR count). The van der Waals surface area contributed by atoms with Gasteiger partial charge in [0.1, 0.15) is 17.1 Å². The van der Waals surface area contributed by atoms with E-state index in [1.165, 1.54) is 57.4 Å². The number of H-pyrrole nitrogens is 1. The van der Waals surface area contributed by atoms with E-state index in [9.17, 15) is 14.4 Å². The second-order valence-electron chi connectivity index (χ2n) is 15.6. The van der Waals surface area contributed by atoms with Crippen LogP contribution in [0.2, 0.25) is 0 Å².